The second kappa shape index (κ2) is 7.99. The second-order valence-corrected chi connectivity index (χ2v) is 6.50. The molecule has 1 saturated carbocycles. The Morgan fingerprint density at radius 2 is 1.67 bits per heavy atom. The van der Waals surface area contributed by atoms with E-state index in [1.807, 2.05) is 34.6 Å². The number of carbonyl (C=O) groups is 1. The summed E-state index contributed by atoms with van der Waals surface area (Å²) in [5.74, 6) is 0.404. The van der Waals surface area contributed by atoms with E-state index in [4.69, 9.17) is 14.2 Å². The molecule has 5 nitrogen and oxygen atoms in total. The van der Waals surface area contributed by atoms with Crippen molar-refractivity contribution in [2.45, 2.75) is 78.2 Å². The number of carbonyl (C=O) groups excluding carboxylic acids is 1. The van der Waals surface area contributed by atoms with Gasteiger partial charge in [0.25, 0.3) is 0 Å². The highest BCUT2D eigenvalue weighted by atomic mass is 16.6. The highest BCUT2D eigenvalue weighted by Gasteiger charge is 2.44. The van der Waals surface area contributed by atoms with Gasteiger partial charge in [-0.1, -0.05) is 13.3 Å². The van der Waals surface area contributed by atoms with Gasteiger partial charge in [-0.25, -0.2) is 4.79 Å². The molecule has 0 aromatic rings. The van der Waals surface area contributed by atoms with Crippen molar-refractivity contribution < 1.29 is 19.0 Å². The molecule has 124 valence electrons. The van der Waals surface area contributed by atoms with E-state index in [2.05, 4.69) is 12.2 Å². The van der Waals surface area contributed by atoms with Crippen molar-refractivity contribution in [1.82, 2.24) is 5.32 Å². The van der Waals surface area contributed by atoms with Crippen LogP contribution in [0.1, 0.15) is 54.4 Å². The van der Waals surface area contributed by atoms with Gasteiger partial charge in [-0.3, -0.25) is 0 Å². The van der Waals surface area contributed by atoms with Crippen LogP contribution >= 0.6 is 0 Å². The van der Waals surface area contributed by atoms with Gasteiger partial charge < -0.3 is 19.5 Å². The number of hydrogen-bond donors (Lipinski definition) is 1. The van der Waals surface area contributed by atoms with Crippen LogP contribution in [0.2, 0.25) is 0 Å². The van der Waals surface area contributed by atoms with Gasteiger partial charge in [0.2, 0.25) is 0 Å². The minimum Gasteiger partial charge on any atom is -0.444 e. The average molecular weight is 301 g/mol. The number of hydrogen-bond acceptors (Lipinski definition) is 4. The Labute approximate surface area is 128 Å². The van der Waals surface area contributed by atoms with Crippen molar-refractivity contribution in [2.75, 3.05) is 13.2 Å². The van der Waals surface area contributed by atoms with Crippen molar-refractivity contribution in [1.29, 1.82) is 0 Å². The largest absolute Gasteiger partial charge is 0.444 e. The standard InChI is InChI=1S/C16H31NO4/c1-7-11-10-12(17-15(18)21-16(4,5)6)14(20-9-3)13(11)19-8-2/h11-14H,7-10H2,1-6H3,(H,17,18)/t11-,12+,13+,14-/m0/s1. The van der Waals surface area contributed by atoms with Crippen LogP contribution in [0.5, 0.6) is 0 Å². The molecule has 1 amide bonds. The molecule has 0 aromatic carbocycles. The first-order valence-electron chi connectivity index (χ1n) is 8.05. The van der Waals surface area contributed by atoms with E-state index >= 15 is 0 Å². The molecule has 1 aliphatic rings. The van der Waals surface area contributed by atoms with E-state index in [0.29, 0.717) is 19.1 Å². The van der Waals surface area contributed by atoms with Crippen molar-refractivity contribution >= 4 is 6.09 Å². The van der Waals surface area contributed by atoms with Crippen molar-refractivity contribution in [3.63, 3.8) is 0 Å². The smallest absolute Gasteiger partial charge is 0.407 e. The summed E-state index contributed by atoms with van der Waals surface area (Å²) in [6, 6.07) is -0.0544. The first-order valence-corrected chi connectivity index (χ1v) is 8.05. The molecule has 5 heteroatoms. The molecule has 1 aliphatic carbocycles. The Bertz CT molecular complexity index is 327. The summed E-state index contributed by atoms with van der Waals surface area (Å²) >= 11 is 0. The summed E-state index contributed by atoms with van der Waals surface area (Å²) in [6.07, 6.45) is 1.43. The molecule has 0 spiro atoms. The summed E-state index contributed by atoms with van der Waals surface area (Å²) < 4.78 is 17.1. The molecule has 21 heavy (non-hydrogen) atoms. The van der Waals surface area contributed by atoms with Crippen LogP contribution in [0.4, 0.5) is 4.79 Å². The fourth-order valence-electron chi connectivity index (χ4n) is 2.92. The van der Waals surface area contributed by atoms with E-state index in [9.17, 15) is 4.79 Å². The Morgan fingerprint density at radius 1 is 1.10 bits per heavy atom. The molecular weight excluding hydrogens is 270 g/mol. The maximum Gasteiger partial charge on any atom is 0.407 e. The zero-order chi connectivity index (χ0) is 16.0. The number of alkyl carbamates (subject to hydrolysis) is 1. The van der Waals surface area contributed by atoms with Crippen LogP contribution in [-0.2, 0) is 14.2 Å². The fourth-order valence-corrected chi connectivity index (χ4v) is 2.92. The van der Waals surface area contributed by atoms with Crippen LogP contribution in [0.15, 0.2) is 0 Å². The number of ether oxygens (including phenoxy) is 3. The second-order valence-electron chi connectivity index (χ2n) is 6.50. The predicted molar refractivity (Wildman–Crippen MR) is 82.4 cm³/mol. The first-order chi connectivity index (χ1) is 9.82. The number of amides is 1. The maximum atomic E-state index is 12.0. The fraction of sp³-hybridized carbons (Fsp3) is 0.938. The van der Waals surface area contributed by atoms with E-state index in [-0.39, 0.29) is 24.3 Å². The minimum absolute atomic E-state index is 0.0416. The van der Waals surface area contributed by atoms with Gasteiger partial charge in [0.15, 0.2) is 0 Å². The van der Waals surface area contributed by atoms with Gasteiger partial charge in [0.05, 0.1) is 12.1 Å². The predicted octanol–water partition coefficient (Wildman–Crippen LogP) is 3.12. The van der Waals surface area contributed by atoms with E-state index in [1.54, 1.807) is 0 Å². The average Bonchev–Trinajstić information content (AvgIpc) is 2.66. The Morgan fingerprint density at radius 3 is 2.14 bits per heavy atom. The van der Waals surface area contributed by atoms with E-state index < -0.39 is 5.60 Å². The van der Waals surface area contributed by atoms with Crippen LogP contribution in [0.3, 0.4) is 0 Å². The molecule has 1 N–H and O–H groups in total. The van der Waals surface area contributed by atoms with E-state index in [1.165, 1.54) is 0 Å². The topological polar surface area (TPSA) is 56.8 Å². The zero-order valence-electron chi connectivity index (χ0n) is 14.3. The summed E-state index contributed by atoms with van der Waals surface area (Å²) in [5.41, 5.74) is -0.493. The van der Waals surface area contributed by atoms with Gasteiger partial charge in [-0.2, -0.15) is 0 Å². The molecule has 0 bridgehead atoms. The highest BCUT2D eigenvalue weighted by Crippen LogP contribution is 2.33. The van der Waals surface area contributed by atoms with Crippen LogP contribution < -0.4 is 5.32 Å². The summed E-state index contributed by atoms with van der Waals surface area (Å²) in [6.45, 7) is 12.9. The number of nitrogens with one attached hydrogen (secondary N) is 1. The summed E-state index contributed by atoms with van der Waals surface area (Å²) in [5, 5.41) is 2.96. The molecule has 0 radical (unpaired) electrons. The van der Waals surface area contributed by atoms with Crippen molar-refractivity contribution in [3.05, 3.63) is 0 Å². The van der Waals surface area contributed by atoms with Crippen molar-refractivity contribution in [2.24, 2.45) is 5.92 Å². The third-order valence-corrected chi connectivity index (χ3v) is 3.69. The van der Waals surface area contributed by atoms with Crippen molar-refractivity contribution in [3.8, 4) is 0 Å². The van der Waals surface area contributed by atoms with Crippen LogP contribution in [0.25, 0.3) is 0 Å². The normalized spacial score (nSPS) is 29.4. The van der Waals surface area contributed by atoms with Crippen LogP contribution in [0, 0.1) is 5.92 Å². The first kappa shape index (κ1) is 18.2. The Kier molecular flexibility index (Phi) is 6.94. The lowest BCUT2D eigenvalue weighted by Crippen LogP contribution is -2.46. The van der Waals surface area contributed by atoms with Gasteiger partial charge in [0.1, 0.15) is 11.7 Å². The Hall–Kier alpha value is -0.810. The quantitative estimate of drug-likeness (QED) is 0.819. The summed E-state index contributed by atoms with van der Waals surface area (Å²) in [4.78, 5) is 12.0. The van der Waals surface area contributed by atoms with Crippen LogP contribution in [-0.4, -0.2) is 43.2 Å². The molecule has 0 unspecified atom stereocenters. The molecule has 0 saturated heterocycles. The van der Waals surface area contributed by atoms with Gasteiger partial charge in [0, 0.05) is 13.2 Å². The lowest BCUT2D eigenvalue weighted by molar-refractivity contribution is -0.0724. The van der Waals surface area contributed by atoms with Gasteiger partial charge >= 0.3 is 6.09 Å². The minimum atomic E-state index is -0.493. The Balaban J connectivity index is 2.72. The SMILES string of the molecule is CCO[C@@H]1[C@@H](CC)C[C@@H](NC(=O)OC(C)(C)C)[C@@H]1OCC. The maximum absolute atomic E-state index is 12.0. The molecule has 4 atom stereocenters. The zero-order valence-corrected chi connectivity index (χ0v) is 14.3. The van der Waals surface area contributed by atoms with Gasteiger partial charge in [-0.15, -0.1) is 0 Å². The molecular formula is C16H31NO4. The molecule has 0 aliphatic heterocycles. The summed E-state index contributed by atoms with van der Waals surface area (Å²) in [7, 11) is 0. The third-order valence-electron chi connectivity index (χ3n) is 3.69. The van der Waals surface area contributed by atoms with Gasteiger partial charge in [-0.05, 0) is 47.0 Å². The molecule has 0 aromatic heterocycles. The highest BCUT2D eigenvalue weighted by molar-refractivity contribution is 5.68. The monoisotopic (exact) mass is 301 g/mol. The lowest BCUT2D eigenvalue weighted by atomic mass is 10.0. The molecule has 1 rings (SSSR count). The third kappa shape index (κ3) is 5.47. The lowest BCUT2D eigenvalue weighted by Gasteiger charge is -2.27. The van der Waals surface area contributed by atoms with E-state index in [0.717, 1.165) is 12.8 Å². The molecule has 1 fully saturated rings. The molecule has 0 heterocycles. The number of rotatable bonds is 6.